The van der Waals surface area contributed by atoms with Gasteiger partial charge in [-0.25, -0.2) is 0 Å². The van der Waals surface area contributed by atoms with Crippen LogP contribution in [0.3, 0.4) is 0 Å². The van der Waals surface area contributed by atoms with E-state index in [2.05, 4.69) is 47.4 Å². The summed E-state index contributed by atoms with van der Waals surface area (Å²) >= 11 is 8.44. The summed E-state index contributed by atoms with van der Waals surface area (Å²) in [5.41, 5.74) is 0. The number of hydrogen-bond donors (Lipinski definition) is 1. The Bertz CT molecular complexity index is 492. The number of hydrogen-bond acceptors (Lipinski definition) is 5. The fraction of sp³-hybridized carbons (Fsp3) is 0.400. The van der Waals surface area contributed by atoms with Gasteiger partial charge in [-0.3, -0.25) is 0 Å². The summed E-state index contributed by atoms with van der Waals surface area (Å²) < 4.78 is 7.65. The molecule has 92 valence electrons. The van der Waals surface area contributed by atoms with Crippen LogP contribution >= 0.6 is 43.2 Å². The van der Waals surface area contributed by atoms with Gasteiger partial charge >= 0.3 is 0 Å². The fourth-order valence-electron chi connectivity index (χ4n) is 1.35. The Morgan fingerprint density at radius 2 is 2.24 bits per heavy atom. The molecule has 0 aliphatic carbocycles. The number of aromatic nitrogens is 2. The maximum absolute atomic E-state index is 5.64. The Balaban J connectivity index is 2.23. The highest BCUT2D eigenvalue weighted by molar-refractivity contribution is 9.13. The Kier molecular flexibility index (Phi) is 4.35. The third-order valence-electron chi connectivity index (χ3n) is 2.18. The first-order valence-corrected chi connectivity index (χ1v) is 7.54. The van der Waals surface area contributed by atoms with Crippen LogP contribution in [0, 0.1) is 0 Å². The number of rotatable bonds is 4. The molecule has 0 aliphatic heterocycles. The highest BCUT2D eigenvalue weighted by atomic mass is 79.9. The molecule has 4 nitrogen and oxygen atoms in total. The average Bonchev–Trinajstić information content (AvgIpc) is 2.87. The van der Waals surface area contributed by atoms with Gasteiger partial charge in [0.15, 0.2) is 0 Å². The highest BCUT2D eigenvalue weighted by Gasteiger charge is 2.16. The lowest BCUT2D eigenvalue weighted by Gasteiger charge is -2.05. The van der Waals surface area contributed by atoms with E-state index in [1.54, 1.807) is 11.3 Å². The molecular weight excluding hydrogens is 370 g/mol. The Morgan fingerprint density at radius 1 is 1.47 bits per heavy atom. The fourth-order valence-corrected chi connectivity index (χ4v) is 3.31. The van der Waals surface area contributed by atoms with E-state index in [-0.39, 0.29) is 6.04 Å². The van der Waals surface area contributed by atoms with Gasteiger partial charge in [-0.1, -0.05) is 6.92 Å². The van der Waals surface area contributed by atoms with Gasteiger partial charge in [-0.05, 0) is 51.4 Å². The van der Waals surface area contributed by atoms with E-state index in [9.17, 15) is 0 Å². The van der Waals surface area contributed by atoms with Crippen LogP contribution in [0.5, 0.6) is 0 Å². The maximum Gasteiger partial charge on any atom is 0.257 e. The minimum atomic E-state index is 0.0769. The molecule has 0 amide bonds. The number of thiophene rings is 1. The van der Waals surface area contributed by atoms with E-state index in [0.29, 0.717) is 11.8 Å². The molecule has 0 bridgehead atoms. The lowest BCUT2D eigenvalue weighted by Crippen LogP contribution is -2.17. The van der Waals surface area contributed by atoms with E-state index in [4.69, 9.17) is 4.42 Å². The molecule has 2 rings (SSSR count). The molecule has 0 fully saturated rings. The third kappa shape index (κ3) is 2.96. The minimum absolute atomic E-state index is 0.0769. The van der Waals surface area contributed by atoms with Crippen LogP contribution in [0.25, 0.3) is 10.8 Å². The van der Waals surface area contributed by atoms with Gasteiger partial charge in [0.1, 0.15) is 0 Å². The molecular formula is C10H11Br2N3OS. The lowest BCUT2D eigenvalue weighted by atomic mass is 10.3. The van der Waals surface area contributed by atoms with Crippen molar-refractivity contribution in [1.29, 1.82) is 0 Å². The Hall–Kier alpha value is -0.240. The van der Waals surface area contributed by atoms with Gasteiger partial charge in [0, 0.05) is 4.47 Å². The standard InChI is InChI=1S/C10H11Br2N3OS/c1-3-13-5(2)9-14-15-10(16-9)7-4-6(11)8(12)17-7/h4-5,13H,3H2,1-2H3. The second-order valence-electron chi connectivity index (χ2n) is 3.46. The first-order chi connectivity index (χ1) is 8.11. The molecule has 0 aliphatic rings. The highest BCUT2D eigenvalue weighted by Crippen LogP contribution is 2.37. The van der Waals surface area contributed by atoms with Crippen LogP contribution in [0.4, 0.5) is 0 Å². The van der Waals surface area contributed by atoms with Crippen molar-refractivity contribution in [3.63, 3.8) is 0 Å². The molecule has 2 heterocycles. The number of nitrogens with zero attached hydrogens (tertiary/aromatic N) is 2. The zero-order chi connectivity index (χ0) is 12.4. The molecule has 17 heavy (non-hydrogen) atoms. The smallest absolute Gasteiger partial charge is 0.257 e. The zero-order valence-electron chi connectivity index (χ0n) is 9.33. The Morgan fingerprint density at radius 3 is 2.82 bits per heavy atom. The van der Waals surface area contributed by atoms with Gasteiger partial charge in [-0.2, -0.15) is 0 Å². The molecule has 1 atom stereocenters. The monoisotopic (exact) mass is 379 g/mol. The van der Waals surface area contributed by atoms with Gasteiger partial charge in [-0.15, -0.1) is 21.5 Å². The first-order valence-electron chi connectivity index (χ1n) is 5.13. The molecule has 1 N–H and O–H groups in total. The van der Waals surface area contributed by atoms with Crippen molar-refractivity contribution in [3.8, 4) is 10.8 Å². The number of halogens is 2. The van der Waals surface area contributed by atoms with E-state index in [0.717, 1.165) is 19.7 Å². The van der Waals surface area contributed by atoms with Crippen LogP contribution in [0.2, 0.25) is 0 Å². The quantitative estimate of drug-likeness (QED) is 0.870. The summed E-state index contributed by atoms with van der Waals surface area (Å²) in [6, 6.07) is 2.04. The molecule has 2 aromatic heterocycles. The molecule has 0 spiro atoms. The van der Waals surface area contributed by atoms with E-state index in [1.165, 1.54) is 0 Å². The van der Waals surface area contributed by atoms with Crippen LogP contribution in [-0.2, 0) is 0 Å². The summed E-state index contributed by atoms with van der Waals surface area (Å²) in [4.78, 5) is 0.950. The van der Waals surface area contributed by atoms with Crippen LogP contribution < -0.4 is 5.32 Å². The molecule has 0 saturated carbocycles. The summed E-state index contributed by atoms with van der Waals surface area (Å²) in [5, 5.41) is 11.3. The van der Waals surface area contributed by atoms with Crippen molar-refractivity contribution in [2.24, 2.45) is 0 Å². The molecule has 0 radical (unpaired) electrons. The van der Waals surface area contributed by atoms with Crippen molar-refractivity contribution < 1.29 is 4.42 Å². The van der Waals surface area contributed by atoms with Crippen molar-refractivity contribution in [1.82, 2.24) is 15.5 Å². The SMILES string of the molecule is CCNC(C)c1nnc(-c2cc(Br)c(Br)s2)o1. The van der Waals surface area contributed by atoms with Gasteiger partial charge < -0.3 is 9.73 Å². The minimum Gasteiger partial charge on any atom is -0.418 e. The molecule has 1 unspecified atom stereocenters. The van der Waals surface area contributed by atoms with Crippen molar-refractivity contribution in [3.05, 3.63) is 20.2 Å². The zero-order valence-corrected chi connectivity index (χ0v) is 13.3. The maximum atomic E-state index is 5.64. The summed E-state index contributed by atoms with van der Waals surface area (Å²) in [6.45, 7) is 4.91. The van der Waals surface area contributed by atoms with Crippen molar-refractivity contribution >= 4 is 43.2 Å². The molecule has 2 aromatic rings. The van der Waals surface area contributed by atoms with Crippen molar-refractivity contribution in [2.75, 3.05) is 6.54 Å². The van der Waals surface area contributed by atoms with Crippen LogP contribution in [-0.4, -0.2) is 16.7 Å². The molecule has 0 aromatic carbocycles. The van der Waals surface area contributed by atoms with E-state index in [1.807, 2.05) is 19.9 Å². The predicted molar refractivity (Wildman–Crippen MR) is 75.1 cm³/mol. The van der Waals surface area contributed by atoms with Gasteiger partial charge in [0.05, 0.1) is 14.7 Å². The predicted octanol–water partition coefficient (Wildman–Crippen LogP) is 3.99. The first kappa shape index (κ1) is 13.2. The van der Waals surface area contributed by atoms with Gasteiger partial charge in [0.2, 0.25) is 5.89 Å². The van der Waals surface area contributed by atoms with E-state index < -0.39 is 0 Å². The van der Waals surface area contributed by atoms with Crippen molar-refractivity contribution in [2.45, 2.75) is 19.9 Å². The second-order valence-corrected chi connectivity index (χ2v) is 6.68. The Labute approximate surface area is 120 Å². The van der Waals surface area contributed by atoms with E-state index >= 15 is 0 Å². The number of nitrogens with one attached hydrogen (secondary N) is 1. The van der Waals surface area contributed by atoms with Crippen LogP contribution in [0.1, 0.15) is 25.8 Å². The topological polar surface area (TPSA) is 51.0 Å². The largest absolute Gasteiger partial charge is 0.418 e. The summed E-state index contributed by atoms with van der Waals surface area (Å²) in [5.74, 6) is 1.17. The summed E-state index contributed by atoms with van der Waals surface area (Å²) in [6.07, 6.45) is 0. The average molecular weight is 381 g/mol. The lowest BCUT2D eigenvalue weighted by molar-refractivity contribution is 0.429. The summed E-state index contributed by atoms with van der Waals surface area (Å²) in [7, 11) is 0. The third-order valence-corrected chi connectivity index (χ3v) is 5.42. The second kappa shape index (κ2) is 5.60. The molecule has 7 heteroatoms. The van der Waals surface area contributed by atoms with Crippen LogP contribution in [0.15, 0.2) is 18.7 Å². The van der Waals surface area contributed by atoms with Gasteiger partial charge in [0.25, 0.3) is 5.89 Å². The molecule has 0 saturated heterocycles. The normalized spacial score (nSPS) is 12.9.